The van der Waals surface area contributed by atoms with Gasteiger partial charge in [-0.25, -0.2) is 4.79 Å². The van der Waals surface area contributed by atoms with E-state index in [1.165, 1.54) is 0 Å². The average molecular weight is 244 g/mol. The van der Waals surface area contributed by atoms with Crippen LogP contribution in [0.4, 0.5) is 0 Å². The Morgan fingerprint density at radius 2 is 2.35 bits per heavy atom. The Hall–Kier alpha value is -0.910. The predicted molar refractivity (Wildman–Crippen MR) is 61.5 cm³/mol. The van der Waals surface area contributed by atoms with Crippen molar-refractivity contribution >= 4 is 5.97 Å². The van der Waals surface area contributed by atoms with Gasteiger partial charge in [0.1, 0.15) is 12.2 Å². The van der Waals surface area contributed by atoms with Crippen molar-refractivity contribution in [2.24, 2.45) is 0 Å². The fraction of sp³-hybridized carbons (Fsp3) is 0.750. The van der Waals surface area contributed by atoms with E-state index in [1.807, 2.05) is 13.8 Å². The van der Waals surface area contributed by atoms with Crippen LogP contribution >= 0.6 is 0 Å². The van der Waals surface area contributed by atoms with Gasteiger partial charge < -0.3 is 18.9 Å². The minimum absolute atomic E-state index is 0.0627. The van der Waals surface area contributed by atoms with Crippen molar-refractivity contribution in [3.63, 3.8) is 0 Å². The van der Waals surface area contributed by atoms with Gasteiger partial charge in [-0.15, -0.1) is 0 Å². The van der Waals surface area contributed by atoms with Crippen LogP contribution in [0.2, 0.25) is 0 Å². The second-order valence-electron chi connectivity index (χ2n) is 4.44. The van der Waals surface area contributed by atoms with Crippen LogP contribution in [0.3, 0.4) is 0 Å². The van der Waals surface area contributed by atoms with Gasteiger partial charge >= 0.3 is 5.97 Å². The summed E-state index contributed by atoms with van der Waals surface area (Å²) in [4.78, 5) is 10.9. The lowest BCUT2D eigenvalue weighted by atomic mass is 10.4. The fourth-order valence-corrected chi connectivity index (χ4v) is 1.49. The minimum Gasteiger partial charge on any atom is -0.457 e. The Kier molecular flexibility index (Phi) is 5.11. The van der Waals surface area contributed by atoms with Gasteiger partial charge in [0, 0.05) is 6.08 Å². The summed E-state index contributed by atoms with van der Waals surface area (Å²) in [7, 11) is 0. The lowest BCUT2D eigenvalue weighted by molar-refractivity contribution is -0.151. The number of carbonyl (C=O) groups is 1. The monoisotopic (exact) mass is 244 g/mol. The summed E-state index contributed by atoms with van der Waals surface area (Å²) >= 11 is 0. The molecule has 1 heterocycles. The zero-order chi connectivity index (χ0) is 12.9. The highest BCUT2D eigenvalue weighted by Crippen LogP contribution is 2.22. The van der Waals surface area contributed by atoms with Crippen molar-refractivity contribution in [2.75, 3.05) is 19.8 Å². The number of ether oxygens (including phenoxy) is 4. The van der Waals surface area contributed by atoms with E-state index in [9.17, 15) is 4.79 Å². The van der Waals surface area contributed by atoms with Gasteiger partial charge in [0.05, 0.1) is 19.8 Å². The van der Waals surface area contributed by atoms with Crippen molar-refractivity contribution < 1.29 is 23.7 Å². The Morgan fingerprint density at radius 1 is 1.65 bits per heavy atom. The highest BCUT2D eigenvalue weighted by Gasteiger charge is 2.32. The molecule has 0 aromatic rings. The van der Waals surface area contributed by atoms with Crippen molar-refractivity contribution in [3.05, 3.63) is 12.7 Å². The molecule has 0 radical (unpaired) electrons. The van der Waals surface area contributed by atoms with Crippen LogP contribution in [-0.4, -0.2) is 43.8 Å². The molecule has 1 aliphatic rings. The van der Waals surface area contributed by atoms with Gasteiger partial charge in [0.15, 0.2) is 5.79 Å². The van der Waals surface area contributed by atoms with Crippen LogP contribution in [0.5, 0.6) is 0 Å². The number of rotatable bonds is 6. The third-order valence-electron chi connectivity index (χ3n) is 2.21. The number of hydrogen-bond donors (Lipinski definition) is 0. The lowest BCUT2D eigenvalue weighted by Gasteiger charge is -2.17. The zero-order valence-corrected chi connectivity index (χ0v) is 10.6. The third kappa shape index (κ3) is 5.30. The van der Waals surface area contributed by atoms with E-state index in [-0.39, 0.29) is 12.2 Å². The zero-order valence-electron chi connectivity index (χ0n) is 10.6. The predicted octanol–water partition coefficient (Wildman–Crippen LogP) is 1.27. The molecule has 0 aromatic carbocycles. The fourth-order valence-electron chi connectivity index (χ4n) is 1.49. The Bertz CT molecular complexity index is 274. The first-order valence-corrected chi connectivity index (χ1v) is 5.65. The van der Waals surface area contributed by atoms with Gasteiger partial charge in [-0.1, -0.05) is 6.58 Å². The first-order chi connectivity index (χ1) is 7.93. The van der Waals surface area contributed by atoms with E-state index >= 15 is 0 Å². The van der Waals surface area contributed by atoms with Crippen molar-refractivity contribution in [1.29, 1.82) is 0 Å². The van der Waals surface area contributed by atoms with Gasteiger partial charge in [-0.05, 0) is 20.8 Å². The summed E-state index contributed by atoms with van der Waals surface area (Å²) in [5.41, 5.74) is 0. The smallest absolute Gasteiger partial charge is 0.330 e. The molecule has 1 saturated heterocycles. The molecule has 1 fully saturated rings. The molecule has 0 aromatic heterocycles. The largest absolute Gasteiger partial charge is 0.457 e. The van der Waals surface area contributed by atoms with Crippen molar-refractivity contribution in [3.8, 4) is 0 Å². The van der Waals surface area contributed by atoms with Crippen LogP contribution in [0.25, 0.3) is 0 Å². The first-order valence-electron chi connectivity index (χ1n) is 5.65. The molecule has 2 unspecified atom stereocenters. The van der Waals surface area contributed by atoms with Crippen LogP contribution < -0.4 is 0 Å². The molecule has 17 heavy (non-hydrogen) atoms. The second-order valence-corrected chi connectivity index (χ2v) is 4.44. The Morgan fingerprint density at radius 3 is 2.88 bits per heavy atom. The molecular weight excluding hydrogens is 224 g/mol. The van der Waals surface area contributed by atoms with Gasteiger partial charge in [-0.2, -0.15) is 0 Å². The molecule has 98 valence electrons. The Labute approximate surface area is 102 Å². The topological polar surface area (TPSA) is 54.0 Å². The normalized spacial score (nSPS) is 24.3. The van der Waals surface area contributed by atoms with E-state index in [4.69, 9.17) is 18.9 Å². The summed E-state index contributed by atoms with van der Waals surface area (Å²) in [6, 6.07) is 0. The molecule has 1 aliphatic heterocycles. The lowest BCUT2D eigenvalue weighted by Crippen LogP contribution is -2.26. The van der Waals surface area contributed by atoms with E-state index in [1.54, 1.807) is 6.92 Å². The molecule has 2 atom stereocenters. The van der Waals surface area contributed by atoms with Crippen LogP contribution in [0, 0.1) is 0 Å². The SMILES string of the molecule is C=CC(=O)OC(C)COCC1COC(C)(C)O1. The number of hydrogen-bond acceptors (Lipinski definition) is 5. The standard InChI is InChI=1S/C12H20O5/c1-5-11(13)16-9(2)6-14-7-10-8-15-12(3,4)17-10/h5,9-10H,1,6-8H2,2-4H3. The maximum Gasteiger partial charge on any atom is 0.330 e. The van der Waals surface area contributed by atoms with E-state index in [0.717, 1.165) is 6.08 Å². The summed E-state index contributed by atoms with van der Waals surface area (Å²) in [5.74, 6) is -0.975. The minimum atomic E-state index is -0.533. The molecule has 0 aliphatic carbocycles. The maximum atomic E-state index is 10.9. The van der Waals surface area contributed by atoms with E-state index < -0.39 is 11.8 Å². The van der Waals surface area contributed by atoms with E-state index in [0.29, 0.717) is 19.8 Å². The van der Waals surface area contributed by atoms with Crippen molar-refractivity contribution in [1.82, 2.24) is 0 Å². The molecule has 1 rings (SSSR count). The summed E-state index contributed by atoms with van der Waals surface area (Å²) in [5, 5.41) is 0. The van der Waals surface area contributed by atoms with Gasteiger partial charge in [0.25, 0.3) is 0 Å². The number of esters is 1. The maximum absolute atomic E-state index is 10.9. The molecule has 0 spiro atoms. The summed E-state index contributed by atoms with van der Waals surface area (Å²) in [6.45, 7) is 10.1. The number of carbonyl (C=O) groups excluding carboxylic acids is 1. The summed E-state index contributed by atoms with van der Waals surface area (Å²) < 4.78 is 21.3. The molecule has 5 heteroatoms. The second kappa shape index (κ2) is 6.14. The molecule has 0 bridgehead atoms. The molecule has 5 nitrogen and oxygen atoms in total. The molecule has 0 amide bonds. The van der Waals surface area contributed by atoms with Crippen LogP contribution in [-0.2, 0) is 23.7 Å². The van der Waals surface area contributed by atoms with Crippen LogP contribution in [0.15, 0.2) is 12.7 Å². The first kappa shape index (κ1) is 14.2. The highest BCUT2D eigenvalue weighted by atomic mass is 16.7. The molecule has 0 saturated carbocycles. The molecular formula is C12H20O5. The average Bonchev–Trinajstić information content (AvgIpc) is 2.58. The van der Waals surface area contributed by atoms with Gasteiger partial charge in [-0.3, -0.25) is 0 Å². The quantitative estimate of drug-likeness (QED) is 0.520. The summed E-state index contributed by atoms with van der Waals surface area (Å²) in [6.07, 6.45) is 0.774. The van der Waals surface area contributed by atoms with Crippen molar-refractivity contribution in [2.45, 2.75) is 38.8 Å². The highest BCUT2D eigenvalue weighted by molar-refractivity contribution is 5.81. The Balaban J connectivity index is 2.12. The molecule has 0 N–H and O–H groups in total. The van der Waals surface area contributed by atoms with Crippen LogP contribution in [0.1, 0.15) is 20.8 Å². The van der Waals surface area contributed by atoms with Gasteiger partial charge in [0.2, 0.25) is 0 Å². The van der Waals surface area contributed by atoms with E-state index in [2.05, 4.69) is 6.58 Å². The third-order valence-corrected chi connectivity index (χ3v) is 2.21.